The summed E-state index contributed by atoms with van der Waals surface area (Å²) in [5.41, 5.74) is 0.986. The SMILES string of the molecule is COc1cccc(OC)c1-n1c(NS(=O)(=O)[C@@H](C)Cc2ncc(F)cn2)nnc1-c1cnn(C)c1. The number of nitrogens with zero attached hydrogens (tertiary/aromatic N) is 7. The van der Waals surface area contributed by atoms with Crippen LogP contribution in [0.2, 0.25) is 0 Å². The van der Waals surface area contributed by atoms with E-state index in [-0.39, 0.29) is 18.2 Å². The van der Waals surface area contributed by atoms with Crippen LogP contribution in [0.4, 0.5) is 10.3 Å². The van der Waals surface area contributed by atoms with Crippen LogP contribution in [-0.4, -0.2) is 62.4 Å². The zero-order valence-electron chi connectivity index (χ0n) is 19.4. The molecular formula is C21H23FN8O4S. The second kappa shape index (κ2) is 9.66. The van der Waals surface area contributed by atoms with Gasteiger partial charge in [0.2, 0.25) is 16.0 Å². The van der Waals surface area contributed by atoms with Crippen LogP contribution >= 0.6 is 0 Å². The molecule has 4 rings (SSSR count). The van der Waals surface area contributed by atoms with Crippen LogP contribution in [0.5, 0.6) is 11.5 Å². The van der Waals surface area contributed by atoms with Gasteiger partial charge in [-0.2, -0.15) is 5.10 Å². The average molecular weight is 503 g/mol. The number of aryl methyl sites for hydroxylation is 1. The third kappa shape index (κ3) is 4.91. The highest BCUT2D eigenvalue weighted by molar-refractivity contribution is 7.93. The van der Waals surface area contributed by atoms with E-state index >= 15 is 0 Å². The molecule has 0 saturated heterocycles. The van der Waals surface area contributed by atoms with Gasteiger partial charge in [0.05, 0.1) is 43.6 Å². The number of halogens is 1. The molecule has 0 aliphatic heterocycles. The monoisotopic (exact) mass is 502 g/mol. The first-order valence-electron chi connectivity index (χ1n) is 10.4. The van der Waals surface area contributed by atoms with Crippen LogP contribution in [0.15, 0.2) is 43.0 Å². The van der Waals surface area contributed by atoms with Crippen LogP contribution < -0.4 is 14.2 Å². The summed E-state index contributed by atoms with van der Waals surface area (Å²) in [7, 11) is 0.716. The van der Waals surface area contributed by atoms with Gasteiger partial charge in [-0.05, 0) is 19.1 Å². The minimum atomic E-state index is -4.00. The summed E-state index contributed by atoms with van der Waals surface area (Å²) in [6, 6.07) is 5.15. The predicted octanol–water partition coefficient (Wildman–Crippen LogP) is 1.99. The van der Waals surface area contributed by atoms with Crippen molar-refractivity contribution in [1.82, 2.24) is 34.5 Å². The molecule has 3 aromatic heterocycles. The van der Waals surface area contributed by atoms with E-state index in [2.05, 4.69) is 30.0 Å². The van der Waals surface area contributed by atoms with Gasteiger partial charge in [0, 0.05) is 19.7 Å². The molecule has 1 atom stereocenters. The summed E-state index contributed by atoms with van der Waals surface area (Å²) in [5, 5.41) is 11.5. The number of methoxy groups -OCH3 is 2. The Morgan fingerprint density at radius 1 is 1.09 bits per heavy atom. The van der Waals surface area contributed by atoms with Crippen LogP contribution in [-0.2, 0) is 23.5 Å². The van der Waals surface area contributed by atoms with Gasteiger partial charge < -0.3 is 9.47 Å². The maximum absolute atomic E-state index is 13.2. The van der Waals surface area contributed by atoms with Gasteiger partial charge >= 0.3 is 0 Å². The lowest BCUT2D eigenvalue weighted by Gasteiger charge is -2.18. The molecule has 0 unspecified atom stereocenters. The fraction of sp³-hybridized carbons (Fsp3) is 0.286. The zero-order valence-corrected chi connectivity index (χ0v) is 20.2. The van der Waals surface area contributed by atoms with Crippen molar-refractivity contribution in [3.05, 3.63) is 54.6 Å². The molecule has 0 aliphatic rings. The van der Waals surface area contributed by atoms with Gasteiger partial charge in [0.15, 0.2) is 11.6 Å². The van der Waals surface area contributed by atoms with E-state index in [1.54, 1.807) is 42.3 Å². The Labute approximate surface area is 200 Å². The van der Waals surface area contributed by atoms with E-state index in [1.807, 2.05) is 0 Å². The van der Waals surface area contributed by atoms with Crippen LogP contribution in [0, 0.1) is 5.82 Å². The molecule has 0 spiro atoms. The molecule has 1 N–H and O–H groups in total. The molecule has 12 nitrogen and oxygen atoms in total. The minimum absolute atomic E-state index is 0.0445. The van der Waals surface area contributed by atoms with Gasteiger partial charge in [-0.1, -0.05) is 6.07 Å². The molecule has 0 aliphatic carbocycles. The van der Waals surface area contributed by atoms with E-state index in [9.17, 15) is 12.8 Å². The van der Waals surface area contributed by atoms with E-state index in [0.717, 1.165) is 12.4 Å². The highest BCUT2D eigenvalue weighted by Crippen LogP contribution is 2.37. The van der Waals surface area contributed by atoms with Crippen LogP contribution in [0.1, 0.15) is 12.7 Å². The van der Waals surface area contributed by atoms with E-state index in [1.165, 1.54) is 25.7 Å². The Morgan fingerprint density at radius 3 is 2.31 bits per heavy atom. The van der Waals surface area contributed by atoms with Crippen molar-refractivity contribution in [2.45, 2.75) is 18.6 Å². The molecule has 14 heteroatoms. The highest BCUT2D eigenvalue weighted by Gasteiger charge is 2.28. The first-order chi connectivity index (χ1) is 16.7. The number of ether oxygens (including phenoxy) is 2. The number of hydrogen-bond donors (Lipinski definition) is 1. The number of hydrogen-bond acceptors (Lipinski definition) is 9. The summed E-state index contributed by atoms with van der Waals surface area (Å²) >= 11 is 0. The van der Waals surface area contributed by atoms with Gasteiger partial charge in [-0.15, -0.1) is 10.2 Å². The van der Waals surface area contributed by atoms with Crippen molar-refractivity contribution in [3.8, 4) is 28.6 Å². The average Bonchev–Trinajstić information content (AvgIpc) is 3.45. The Kier molecular flexibility index (Phi) is 6.64. The number of anilines is 1. The van der Waals surface area contributed by atoms with Gasteiger partial charge in [0.25, 0.3) is 0 Å². The number of benzene rings is 1. The molecule has 3 heterocycles. The Hall–Kier alpha value is -4.07. The first kappa shape index (κ1) is 24.1. The maximum Gasteiger partial charge on any atom is 0.243 e. The molecule has 4 aromatic rings. The molecule has 184 valence electrons. The summed E-state index contributed by atoms with van der Waals surface area (Å²) in [6.45, 7) is 1.49. The lowest BCUT2D eigenvalue weighted by molar-refractivity contribution is 0.391. The Bertz CT molecular complexity index is 1410. The quantitative estimate of drug-likeness (QED) is 0.364. The fourth-order valence-corrected chi connectivity index (χ4v) is 4.33. The highest BCUT2D eigenvalue weighted by atomic mass is 32.2. The molecule has 1 aromatic carbocycles. The van der Waals surface area contributed by atoms with E-state index < -0.39 is 21.1 Å². The molecule has 0 amide bonds. The summed E-state index contributed by atoms with van der Waals surface area (Å²) < 4.78 is 56.2. The topological polar surface area (TPSA) is 139 Å². The normalized spacial score (nSPS) is 12.4. The smallest absolute Gasteiger partial charge is 0.243 e. The number of para-hydroxylation sites is 1. The zero-order chi connectivity index (χ0) is 25.2. The summed E-state index contributed by atoms with van der Waals surface area (Å²) in [6.07, 6.45) is 5.22. The fourth-order valence-electron chi connectivity index (χ4n) is 3.38. The largest absolute Gasteiger partial charge is 0.494 e. The van der Waals surface area contributed by atoms with E-state index in [0.29, 0.717) is 28.6 Å². The summed E-state index contributed by atoms with van der Waals surface area (Å²) in [5.74, 6) is 0.619. The molecule has 0 fully saturated rings. The van der Waals surface area contributed by atoms with Crippen molar-refractivity contribution in [1.29, 1.82) is 0 Å². The number of rotatable bonds is 9. The van der Waals surface area contributed by atoms with Crippen molar-refractivity contribution < 1.29 is 22.3 Å². The van der Waals surface area contributed by atoms with Crippen molar-refractivity contribution in [3.63, 3.8) is 0 Å². The third-order valence-corrected chi connectivity index (χ3v) is 6.85. The second-order valence-corrected chi connectivity index (χ2v) is 9.67. The standard InChI is InChI=1S/C21H23FN8O4S/c1-13(8-18-23-10-15(22)11-24-18)35(31,32)28-21-27-26-20(14-9-25-29(2)12-14)30(21)19-16(33-3)6-5-7-17(19)34-4/h5-7,9-13H,8H2,1-4H3,(H,27,28)/t13-/m0/s1. The van der Waals surface area contributed by atoms with Gasteiger partial charge in [0.1, 0.15) is 23.0 Å². The summed E-state index contributed by atoms with van der Waals surface area (Å²) in [4.78, 5) is 7.68. The Balaban J connectivity index is 1.79. The van der Waals surface area contributed by atoms with Crippen LogP contribution in [0.25, 0.3) is 17.1 Å². The minimum Gasteiger partial charge on any atom is -0.494 e. The number of nitrogens with one attached hydrogen (secondary N) is 1. The molecule has 35 heavy (non-hydrogen) atoms. The molecular weight excluding hydrogens is 479 g/mol. The van der Waals surface area contributed by atoms with Crippen molar-refractivity contribution in [2.24, 2.45) is 7.05 Å². The molecule has 0 bridgehead atoms. The lowest BCUT2D eigenvalue weighted by Crippen LogP contribution is -2.29. The predicted molar refractivity (Wildman–Crippen MR) is 124 cm³/mol. The lowest BCUT2D eigenvalue weighted by atomic mass is 10.2. The maximum atomic E-state index is 13.2. The molecule has 0 saturated carbocycles. The van der Waals surface area contributed by atoms with Gasteiger partial charge in [-0.25, -0.2) is 22.8 Å². The van der Waals surface area contributed by atoms with Gasteiger partial charge in [-0.3, -0.25) is 14.0 Å². The van der Waals surface area contributed by atoms with E-state index in [4.69, 9.17) is 9.47 Å². The number of sulfonamides is 1. The Morgan fingerprint density at radius 2 is 1.74 bits per heavy atom. The second-order valence-electron chi connectivity index (χ2n) is 7.58. The molecule has 0 radical (unpaired) electrons. The van der Waals surface area contributed by atoms with Crippen LogP contribution in [0.3, 0.4) is 0 Å². The van der Waals surface area contributed by atoms with Crippen molar-refractivity contribution >= 4 is 16.0 Å². The first-order valence-corrected chi connectivity index (χ1v) is 11.9. The third-order valence-electron chi connectivity index (χ3n) is 5.16. The van der Waals surface area contributed by atoms with Crippen molar-refractivity contribution in [2.75, 3.05) is 18.9 Å². The number of aromatic nitrogens is 7.